The fourth-order valence-electron chi connectivity index (χ4n) is 3.15. The number of anilines is 1. The Morgan fingerprint density at radius 3 is 2.24 bits per heavy atom. The number of ether oxygens (including phenoxy) is 3. The lowest BCUT2D eigenvalue weighted by Gasteiger charge is -2.27. The molecule has 2 aromatic rings. The van der Waals surface area contributed by atoms with Crippen LogP contribution in [0.4, 0.5) is 15.3 Å². The van der Waals surface area contributed by atoms with Gasteiger partial charge in [-0.15, -0.1) is 0 Å². The van der Waals surface area contributed by atoms with Gasteiger partial charge in [0.05, 0.1) is 26.9 Å². The van der Waals surface area contributed by atoms with Gasteiger partial charge in [-0.05, 0) is 36.2 Å². The molecule has 5 amide bonds. The first-order valence-corrected chi connectivity index (χ1v) is 12.0. The van der Waals surface area contributed by atoms with Crippen LogP contribution in [0.25, 0.3) is 0 Å². The third-order valence-electron chi connectivity index (χ3n) is 5.10. The first kappa shape index (κ1) is 31.7. The number of para-hydroxylation sites is 1. The van der Waals surface area contributed by atoms with Gasteiger partial charge in [-0.3, -0.25) is 14.4 Å². The zero-order chi connectivity index (χ0) is 30.4. The van der Waals surface area contributed by atoms with E-state index in [1.165, 1.54) is 25.5 Å². The minimum absolute atomic E-state index is 0.243. The lowest BCUT2D eigenvalue weighted by molar-refractivity contribution is -0.149. The van der Waals surface area contributed by atoms with Crippen molar-refractivity contribution in [1.82, 2.24) is 21.2 Å². The van der Waals surface area contributed by atoms with Crippen molar-refractivity contribution >= 4 is 47.8 Å². The second-order valence-electron chi connectivity index (χ2n) is 8.25. The number of methoxy groups -OCH3 is 2. The van der Waals surface area contributed by atoms with E-state index in [0.717, 1.165) is 14.0 Å². The van der Waals surface area contributed by atoms with Crippen molar-refractivity contribution in [3.05, 3.63) is 59.7 Å². The summed E-state index contributed by atoms with van der Waals surface area (Å²) in [5.74, 6) is -3.09. The van der Waals surface area contributed by atoms with Gasteiger partial charge in [-0.2, -0.15) is 5.10 Å². The van der Waals surface area contributed by atoms with Crippen LogP contribution in [0.1, 0.15) is 24.5 Å². The molecule has 0 aromatic heterocycles. The first-order valence-electron chi connectivity index (χ1n) is 12.0. The predicted molar refractivity (Wildman–Crippen MR) is 144 cm³/mol. The number of hydrazine groups is 1. The summed E-state index contributed by atoms with van der Waals surface area (Å²) in [4.78, 5) is 73.4. The topological polar surface area (TPSA) is 194 Å². The minimum atomic E-state index is -1.45. The zero-order valence-corrected chi connectivity index (χ0v) is 22.8. The van der Waals surface area contributed by atoms with E-state index in [4.69, 9.17) is 4.74 Å². The largest absolute Gasteiger partial charge is 0.469 e. The summed E-state index contributed by atoms with van der Waals surface area (Å²) < 4.78 is 14.3. The summed E-state index contributed by atoms with van der Waals surface area (Å²) in [6.45, 7) is 2.09. The van der Waals surface area contributed by atoms with E-state index in [-0.39, 0.29) is 5.75 Å². The van der Waals surface area contributed by atoms with Gasteiger partial charge >= 0.3 is 24.1 Å². The van der Waals surface area contributed by atoms with Gasteiger partial charge in [-0.1, -0.05) is 30.3 Å². The summed E-state index contributed by atoms with van der Waals surface area (Å²) in [7, 11) is 2.30. The standard InChI is InChI=1S/C26H30N6O9/c1-16-7-5-6-8-21(16)41-23(35)15-32(24(36)20(28-17(2)33)13-22(34)39-3)31-25(37)29-19-11-9-18(10-12-19)14-27-30-26(38)40-4/h5-12,14,20H,13,15H2,1-4H3,(H,28,33)(H,30,38)(H2,29,31,37)/t20-/m0/s1. The molecule has 0 aliphatic rings. The molecule has 0 unspecified atom stereocenters. The van der Waals surface area contributed by atoms with Crippen molar-refractivity contribution in [3.63, 3.8) is 0 Å². The SMILES string of the molecule is COC(=O)C[C@H](NC(C)=O)C(=O)N(CC(=O)Oc1ccccc1C)NC(=O)Nc1ccc(C=NNC(=O)OC)cc1. The molecular weight excluding hydrogens is 540 g/mol. The Morgan fingerprint density at radius 2 is 1.63 bits per heavy atom. The second-order valence-corrected chi connectivity index (χ2v) is 8.25. The molecule has 2 rings (SSSR count). The number of carbonyl (C=O) groups is 6. The Balaban J connectivity index is 2.19. The molecule has 0 bridgehead atoms. The Hall–Kier alpha value is -5.47. The predicted octanol–water partition coefficient (Wildman–Crippen LogP) is 1.22. The van der Waals surface area contributed by atoms with Gasteiger partial charge in [0, 0.05) is 12.6 Å². The molecule has 0 spiro atoms. The van der Waals surface area contributed by atoms with E-state index in [1.54, 1.807) is 43.3 Å². The smallest absolute Gasteiger partial charge is 0.427 e. The molecule has 0 fully saturated rings. The highest BCUT2D eigenvalue weighted by Crippen LogP contribution is 2.16. The fraction of sp³-hybridized carbons (Fsp3) is 0.269. The van der Waals surface area contributed by atoms with Crippen LogP contribution in [0.2, 0.25) is 0 Å². The minimum Gasteiger partial charge on any atom is -0.469 e. The Bertz CT molecular complexity index is 1300. The second kappa shape index (κ2) is 15.8. The van der Waals surface area contributed by atoms with Gasteiger partial charge in [-0.25, -0.2) is 30.2 Å². The van der Waals surface area contributed by atoms with Crippen LogP contribution in [0, 0.1) is 6.92 Å². The van der Waals surface area contributed by atoms with E-state index < -0.39 is 54.9 Å². The molecule has 0 saturated carbocycles. The van der Waals surface area contributed by atoms with E-state index in [9.17, 15) is 28.8 Å². The van der Waals surface area contributed by atoms with E-state index in [1.807, 2.05) is 0 Å². The number of rotatable bonds is 10. The molecule has 1 atom stereocenters. The van der Waals surface area contributed by atoms with Gasteiger partial charge in [0.1, 0.15) is 18.3 Å². The molecule has 15 heteroatoms. The molecule has 0 radical (unpaired) electrons. The molecule has 0 aliphatic carbocycles. The zero-order valence-electron chi connectivity index (χ0n) is 22.8. The maximum Gasteiger partial charge on any atom is 0.427 e. The molecule has 41 heavy (non-hydrogen) atoms. The van der Waals surface area contributed by atoms with E-state index in [2.05, 4.69) is 36.1 Å². The van der Waals surface area contributed by atoms with Crippen LogP contribution in [-0.4, -0.2) is 73.9 Å². The monoisotopic (exact) mass is 570 g/mol. The van der Waals surface area contributed by atoms with Crippen LogP contribution in [0.15, 0.2) is 53.6 Å². The highest BCUT2D eigenvalue weighted by molar-refractivity contribution is 5.96. The molecule has 4 N–H and O–H groups in total. The number of hydrazone groups is 1. The molecule has 2 aromatic carbocycles. The Labute approximate surface area is 235 Å². The van der Waals surface area contributed by atoms with Crippen LogP contribution in [0.5, 0.6) is 5.75 Å². The summed E-state index contributed by atoms with van der Waals surface area (Å²) in [6.07, 6.45) is 0.0329. The maximum absolute atomic E-state index is 13.3. The Morgan fingerprint density at radius 1 is 0.951 bits per heavy atom. The average Bonchev–Trinajstić information content (AvgIpc) is 2.93. The number of hydrogen-bond acceptors (Lipinski definition) is 10. The number of hydrogen-bond donors (Lipinski definition) is 4. The Kier molecular flexibility index (Phi) is 12.3. The van der Waals surface area contributed by atoms with Gasteiger partial charge in [0.25, 0.3) is 5.91 Å². The number of urea groups is 1. The van der Waals surface area contributed by atoms with Crippen molar-refractivity contribution in [1.29, 1.82) is 0 Å². The lowest BCUT2D eigenvalue weighted by Crippen LogP contribution is -2.57. The van der Waals surface area contributed by atoms with Gasteiger partial charge in [0.2, 0.25) is 5.91 Å². The number of aryl methyl sites for hydroxylation is 1. The third-order valence-corrected chi connectivity index (χ3v) is 5.10. The number of benzene rings is 2. The van der Waals surface area contributed by atoms with Crippen LogP contribution in [0.3, 0.4) is 0 Å². The van der Waals surface area contributed by atoms with Crippen molar-refractivity contribution in [2.24, 2.45) is 5.10 Å². The molecule has 0 heterocycles. The number of nitrogens with zero attached hydrogens (tertiary/aromatic N) is 2. The van der Waals surface area contributed by atoms with Crippen molar-refractivity contribution in [2.75, 3.05) is 26.1 Å². The highest BCUT2D eigenvalue weighted by Gasteiger charge is 2.31. The van der Waals surface area contributed by atoms with E-state index in [0.29, 0.717) is 21.8 Å². The average molecular weight is 571 g/mol. The van der Waals surface area contributed by atoms with Crippen molar-refractivity contribution in [3.8, 4) is 5.75 Å². The van der Waals surface area contributed by atoms with E-state index >= 15 is 0 Å². The molecule has 0 saturated heterocycles. The first-order chi connectivity index (χ1) is 19.5. The van der Waals surface area contributed by atoms with Crippen LogP contribution >= 0.6 is 0 Å². The number of carbonyl (C=O) groups excluding carboxylic acids is 6. The van der Waals surface area contributed by atoms with Crippen molar-refractivity contribution in [2.45, 2.75) is 26.3 Å². The summed E-state index contributed by atoms with van der Waals surface area (Å²) in [5.41, 5.74) is 5.90. The summed E-state index contributed by atoms with van der Waals surface area (Å²) in [6, 6.07) is 10.5. The van der Waals surface area contributed by atoms with Crippen LogP contribution < -0.4 is 26.2 Å². The summed E-state index contributed by atoms with van der Waals surface area (Å²) in [5, 5.41) is 9.12. The normalized spacial score (nSPS) is 11.0. The fourth-order valence-corrected chi connectivity index (χ4v) is 3.15. The molecule has 218 valence electrons. The van der Waals surface area contributed by atoms with Crippen molar-refractivity contribution < 1.29 is 43.0 Å². The summed E-state index contributed by atoms with van der Waals surface area (Å²) >= 11 is 0. The number of amides is 5. The highest BCUT2D eigenvalue weighted by atomic mass is 16.5. The van der Waals surface area contributed by atoms with Gasteiger partial charge < -0.3 is 24.8 Å². The number of nitrogens with one attached hydrogen (secondary N) is 4. The molecule has 15 nitrogen and oxygen atoms in total. The number of esters is 2. The molecule has 0 aliphatic heterocycles. The third kappa shape index (κ3) is 11.0. The van der Waals surface area contributed by atoms with Crippen LogP contribution in [-0.2, 0) is 28.7 Å². The quantitative estimate of drug-likeness (QED) is 0.141. The maximum atomic E-state index is 13.3. The molecular formula is C26H30N6O9. The van der Waals surface area contributed by atoms with Gasteiger partial charge in [0.15, 0.2) is 0 Å². The lowest BCUT2D eigenvalue weighted by atomic mass is 10.2.